The Balaban J connectivity index is 1.82. The first kappa shape index (κ1) is 19.9. The SMILES string of the molecule is CCCOc1c(/C=N/n2c(C)nnc2SCc2ccccc2)cccc1OC. The second-order valence-electron chi connectivity index (χ2n) is 6.09. The molecule has 0 saturated carbocycles. The van der Waals surface area contributed by atoms with E-state index in [1.807, 2.05) is 43.3 Å². The minimum atomic E-state index is 0.616. The lowest BCUT2D eigenvalue weighted by Gasteiger charge is -2.12. The molecule has 28 heavy (non-hydrogen) atoms. The van der Waals surface area contributed by atoms with Gasteiger partial charge in [-0.3, -0.25) is 0 Å². The molecule has 7 heteroatoms. The van der Waals surface area contributed by atoms with E-state index in [9.17, 15) is 0 Å². The summed E-state index contributed by atoms with van der Waals surface area (Å²) in [4.78, 5) is 0. The van der Waals surface area contributed by atoms with E-state index in [-0.39, 0.29) is 0 Å². The summed E-state index contributed by atoms with van der Waals surface area (Å²) in [6, 6.07) is 16.0. The van der Waals surface area contributed by atoms with Gasteiger partial charge in [0.15, 0.2) is 17.3 Å². The van der Waals surface area contributed by atoms with E-state index in [2.05, 4.69) is 34.4 Å². The summed E-state index contributed by atoms with van der Waals surface area (Å²) in [6.07, 6.45) is 2.68. The molecule has 1 heterocycles. The van der Waals surface area contributed by atoms with Gasteiger partial charge in [0, 0.05) is 11.3 Å². The number of para-hydroxylation sites is 1. The Labute approximate surface area is 169 Å². The molecule has 0 unspecified atom stereocenters. The summed E-state index contributed by atoms with van der Waals surface area (Å²) in [5, 5.41) is 13.8. The van der Waals surface area contributed by atoms with E-state index in [0.717, 1.165) is 28.7 Å². The Kier molecular flexibility index (Phi) is 7.08. The van der Waals surface area contributed by atoms with Gasteiger partial charge >= 0.3 is 0 Å². The number of methoxy groups -OCH3 is 1. The summed E-state index contributed by atoms with van der Waals surface area (Å²) >= 11 is 1.60. The first-order valence-electron chi connectivity index (χ1n) is 9.15. The quantitative estimate of drug-likeness (QED) is 0.392. The van der Waals surface area contributed by atoms with Crippen LogP contribution in [-0.2, 0) is 5.75 Å². The van der Waals surface area contributed by atoms with Gasteiger partial charge in [-0.25, -0.2) is 0 Å². The second kappa shape index (κ2) is 9.94. The number of aromatic nitrogens is 3. The van der Waals surface area contributed by atoms with Gasteiger partial charge in [0.25, 0.3) is 0 Å². The normalized spacial score (nSPS) is 11.1. The molecule has 0 atom stereocenters. The van der Waals surface area contributed by atoms with Crippen molar-refractivity contribution in [2.75, 3.05) is 13.7 Å². The van der Waals surface area contributed by atoms with Crippen LogP contribution in [0.1, 0.15) is 30.3 Å². The van der Waals surface area contributed by atoms with E-state index in [1.165, 1.54) is 5.56 Å². The molecule has 0 spiro atoms. The standard InChI is InChI=1S/C21H24N4O2S/c1-4-13-27-20-18(11-8-12-19(20)26-3)14-22-25-16(2)23-24-21(25)28-15-17-9-6-5-7-10-17/h5-12,14H,4,13,15H2,1-3H3/b22-14+. The Morgan fingerprint density at radius 3 is 2.68 bits per heavy atom. The van der Waals surface area contributed by atoms with Crippen LogP contribution in [0.5, 0.6) is 11.5 Å². The Morgan fingerprint density at radius 2 is 1.93 bits per heavy atom. The number of rotatable bonds is 9. The van der Waals surface area contributed by atoms with Gasteiger partial charge < -0.3 is 9.47 Å². The fourth-order valence-electron chi connectivity index (χ4n) is 2.56. The topological polar surface area (TPSA) is 61.5 Å². The number of nitrogens with zero attached hydrogens (tertiary/aromatic N) is 4. The molecular weight excluding hydrogens is 372 g/mol. The van der Waals surface area contributed by atoms with Crippen molar-refractivity contribution in [2.45, 2.75) is 31.2 Å². The van der Waals surface area contributed by atoms with E-state index in [1.54, 1.807) is 29.8 Å². The summed E-state index contributed by atoms with van der Waals surface area (Å²) in [7, 11) is 1.64. The summed E-state index contributed by atoms with van der Waals surface area (Å²) < 4.78 is 13.1. The minimum Gasteiger partial charge on any atom is -0.493 e. The number of hydrogen-bond acceptors (Lipinski definition) is 6. The van der Waals surface area contributed by atoms with Crippen LogP contribution in [0.4, 0.5) is 0 Å². The van der Waals surface area contributed by atoms with Crippen molar-refractivity contribution >= 4 is 18.0 Å². The lowest BCUT2D eigenvalue weighted by molar-refractivity contribution is 0.294. The summed E-state index contributed by atoms with van der Waals surface area (Å²) in [5.41, 5.74) is 2.08. The fraction of sp³-hybridized carbons (Fsp3) is 0.286. The smallest absolute Gasteiger partial charge is 0.212 e. The zero-order chi connectivity index (χ0) is 19.8. The van der Waals surface area contributed by atoms with E-state index < -0.39 is 0 Å². The van der Waals surface area contributed by atoms with Gasteiger partial charge in [-0.15, -0.1) is 10.2 Å². The third-order valence-electron chi connectivity index (χ3n) is 3.97. The third kappa shape index (κ3) is 4.92. The highest BCUT2D eigenvalue weighted by Gasteiger charge is 2.11. The molecule has 0 radical (unpaired) electrons. The molecule has 0 saturated heterocycles. The Hall–Kier alpha value is -2.80. The van der Waals surface area contributed by atoms with Crippen LogP contribution in [0.25, 0.3) is 0 Å². The minimum absolute atomic E-state index is 0.616. The van der Waals surface area contributed by atoms with Crippen molar-refractivity contribution in [3.8, 4) is 11.5 Å². The highest BCUT2D eigenvalue weighted by molar-refractivity contribution is 7.98. The maximum atomic E-state index is 5.88. The van der Waals surface area contributed by atoms with Crippen molar-refractivity contribution in [1.29, 1.82) is 0 Å². The zero-order valence-corrected chi connectivity index (χ0v) is 17.1. The van der Waals surface area contributed by atoms with Crippen molar-refractivity contribution in [2.24, 2.45) is 5.10 Å². The first-order valence-corrected chi connectivity index (χ1v) is 10.1. The number of benzene rings is 2. The van der Waals surface area contributed by atoms with Gasteiger partial charge in [-0.05, 0) is 31.0 Å². The maximum absolute atomic E-state index is 5.88. The monoisotopic (exact) mass is 396 g/mol. The van der Waals surface area contributed by atoms with Crippen molar-refractivity contribution < 1.29 is 9.47 Å². The van der Waals surface area contributed by atoms with Crippen molar-refractivity contribution in [3.05, 3.63) is 65.5 Å². The first-order chi connectivity index (χ1) is 13.7. The van der Waals surface area contributed by atoms with Crippen LogP contribution < -0.4 is 9.47 Å². The molecule has 0 aliphatic rings. The molecule has 3 rings (SSSR count). The highest BCUT2D eigenvalue weighted by atomic mass is 32.2. The number of hydrogen-bond donors (Lipinski definition) is 0. The van der Waals surface area contributed by atoms with Gasteiger partial charge in [0.2, 0.25) is 5.16 Å². The molecule has 0 amide bonds. The second-order valence-corrected chi connectivity index (χ2v) is 7.03. The number of aryl methyl sites for hydroxylation is 1. The molecule has 146 valence electrons. The highest BCUT2D eigenvalue weighted by Crippen LogP contribution is 2.30. The van der Waals surface area contributed by atoms with Crippen LogP contribution >= 0.6 is 11.8 Å². The van der Waals surface area contributed by atoms with Crippen LogP contribution in [0, 0.1) is 6.92 Å². The van der Waals surface area contributed by atoms with Crippen molar-refractivity contribution in [3.63, 3.8) is 0 Å². The Morgan fingerprint density at radius 1 is 1.11 bits per heavy atom. The third-order valence-corrected chi connectivity index (χ3v) is 4.96. The molecule has 0 aliphatic heterocycles. The van der Waals surface area contributed by atoms with Gasteiger partial charge in [-0.1, -0.05) is 55.1 Å². The molecular formula is C21H24N4O2S. The predicted octanol–water partition coefficient (Wildman–Crippen LogP) is 4.56. The largest absolute Gasteiger partial charge is 0.493 e. The van der Waals surface area contributed by atoms with Gasteiger partial charge in [0.05, 0.1) is 19.9 Å². The predicted molar refractivity (Wildman–Crippen MR) is 113 cm³/mol. The maximum Gasteiger partial charge on any atom is 0.212 e. The lowest BCUT2D eigenvalue weighted by Crippen LogP contribution is -2.02. The van der Waals surface area contributed by atoms with E-state index in [4.69, 9.17) is 9.47 Å². The fourth-order valence-corrected chi connectivity index (χ4v) is 3.45. The van der Waals surface area contributed by atoms with E-state index >= 15 is 0 Å². The van der Waals surface area contributed by atoms with Crippen LogP contribution in [0.3, 0.4) is 0 Å². The number of thioether (sulfide) groups is 1. The van der Waals surface area contributed by atoms with Crippen LogP contribution in [0.15, 0.2) is 58.8 Å². The van der Waals surface area contributed by atoms with Crippen molar-refractivity contribution in [1.82, 2.24) is 14.9 Å². The van der Waals surface area contributed by atoms with Gasteiger partial charge in [0.1, 0.15) is 0 Å². The summed E-state index contributed by atoms with van der Waals surface area (Å²) in [5.74, 6) is 2.92. The van der Waals surface area contributed by atoms with Crippen LogP contribution in [-0.4, -0.2) is 34.8 Å². The molecule has 2 aromatic carbocycles. The summed E-state index contributed by atoms with van der Waals surface area (Å²) in [6.45, 7) is 4.57. The van der Waals surface area contributed by atoms with Gasteiger partial charge in [-0.2, -0.15) is 9.78 Å². The molecule has 1 aromatic heterocycles. The molecule has 0 fully saturated rings. The molecule has 0 aliphatic carbocycles. The molecule has 0 bridgehead atoms. The molecule has 0 N–H and O–H groups in total. The zero-order valence-electron chi connectivity index (χ0n) is 16.3. The average molecular weight is 397 g/mol. The van der Waals surface area contributed by atoms with E-state index in [0.29, 0.717) is 18.1 Å². The van der Waals surface area contributed by atoms with Crippen LogP contribution in [0.2, 0.25) is 0 Å². The lowest BCUT2D eigenvalue weighted by atomic mass is 10.2. The molecule has 6 nitrogen and oxygen atoms in total. The Bertz CT molecular complexity index is 925. The number of ether oxygens (including phenoxy) is 2. The molecule has 3 aromatic rings. The average Bonchev–Trinajstić information content (AvgIpc) is 3.09.